The van der Waals surface area contributed by atoms with Gasteiger partial charge in [-0.15, -0.1) is 0 Å². The number of carbonyl (C=O) groups is 1. The lowest BCUT2D eigenvalue weighted by atomic mass is 10.3. The van der Waals surface area contributed by atoms with E-state index in [2.05, 4.69) is 10.7 Å². The number of hydrogen-bond donors (Lipinski definition) is 2. The van der Waals surface area contributed by atoms with Crippen LogP contribution in [0.15, 0.2) is 24.3 Å². The van der Waals surface area contributed by atoms with Crippen LogP contribution >= 0.6 is 12.2 Å². The Balaban J connectivity index is 2.28. The molecule has 0 aliphatic heterocycles. The summed E-state index contributed by atoms with van der Waals surface area (Å²) in [6.45, 7) is 3.75. The molecule has 0 saturated heterocycles. The van der Waals surface area contributed by atoms with Gasteiger partial charge in [-0.3, -0.25) is 15.2 Å². The van der Waals surface area contributed by atoms with Crippen LogP contribution in [0, 0.1) is 0 Å². The number of benzene rings is 1. The van der Waals surface area contributed by atoms with Crippen molar-refractivity contribution in [2.24, 2.45) is 0 Å². The molecular formula is C16H25N3O4S. The molecule has 0 fully saturated rings. The fourth-order valence-corrected chi connectivity index (χ4v) is 1.90. The third-order valence-corrected chi connectivity index (χ3v) is 3.32. The zero-order valence-corrected chi connectivity index (χ0v) is 15.1. The molecule has 134 valence electrons. The van der Waals surface area contributed by atoms with Crippen LogP contribution in [0.5, 0.6) is 11.5 Å². The predicted molar refractivity (Wildman–Crippen MR) is 96.1 cm³/mol. The molecule has 2 N–H and O–H groups in total. The van der Waals surface area contributed by atoms with Gasteiger partial charge in [-0.05, 0) is 49.8 Å². The molecule has 1 rings (SSSR count). The van der Waals surface area contributed by atoms with Crippen molar-refractivity contribution in [3.05, 3.63) is 24.3 Å². The number of hydrogen-bond acceptors (Lipinski definition) is 5. The number of hydrazine groups is 1. The highest BCUT2D eigenvalue weighted by atomic mass is 32.1. The summed E-state index contributed by atoms with van der Waals surface area (Å²) in [7, 11) is 3.31. The molecule has 0 saturated carbocycles. The Bertz CT molecular complexity index is 511. The number of carbonyl (C=O) groups excluding carboxylic acids is 1. The second kappa shape index (κ2) is 11.5. The van der Waals surface area contributed by atoms with Gasteiger partial charge in [-0.1, -0.05) is 0 Å². The van der Waals surface area contributed by atoms with Crippen molar-refractivity contribution < 1.29 is 19.0 Å². The highest BCUT2D eigenvalue weighted by molar-refractivity contribution is 7.80. The second-order valence-corrected chi connectivity index (χ2v) is 5.25. The molecule has 0 unspecified atom stereocenters. The molecule has 0 radical (unpaired) electrons. The average molecular weight is 355 g/mol. The van der Waals surface area contributed by atoms with Crippen LogP contribution in [-0.2, 0) is 9.53 Å². The van der Waals surface area contributed by atoms with E-state index < -0.39 is 0 Å². The molecule has 0 aliphatic rings. The minimum Gasteiger partial charge on any atom is -0.494 e. The third-order valence-electron chi connectivity index (χ3n) is 2.90. The summed E-state index contributed by atoms with van der Waals surface area (Å²) in [4.78, 5) is 11.9. The first-order valence-corrected chi connectivity index (χ1v) is 8.13. The van der Waals surface area contributed by atoms with Crippen molar-refractivity contribution in [1.29, 1.82) is 0 Å². The van der Waals surface area contributed by atoms with Crippen LogP contribution in [0.2, 0.25) is 0 Å². The molecule has 7 nitrogen and oxygen atoms in total. The highest BCUT2D eigenvalue weighted by Crippen LogP contribution is 2.17. The number of amides is 1. The third kappa shape index (κ3) is 7.98. The SMILES string of the molecule is CCOc1ccc(OCC(=O)NN(C)C(=S)NCCCOC)cc1. The number of methoxy groups -OCH3 is 1. The van der Waals surface area contributed by atoms with E-state index in [0.717, 1.165) is 12.2 Å². The molecular weight excluding hydrogens is 330 g/mol. The smallest absolute Gasteiger partial charge is 0.276 e. The van der Waals surface area contributed by atoms with Gasteiger partial charge in [0.25, 0.3) is 5.91 Å². The Hall–Kier alpha value is -2.06. The van der Waals surface area contributed by atoms with E-state index in [9.17, 15) is 4.79 Å². The van der Waals surface area contributed by atoms with Crippen LogP contribution < -0.4 is 20.2 Å². The van der Waals surface area contributed by atoms with E-state index in [-0.39, 0.29) is 12.5 Å². The predicted octanol–water partition coefficient (Wildman–Crippen LogP) is 1.34. The zero-order valence-electron chi connectivity index (χ0n) is 14.3. The van der Waals surface area contributed by atoms with Gasteiger partial charge in [0.1, 0.15) is 11.5 Å². The molecule has 1 aromatic carbocycles. The minimum absolute atomic E-state index is 0.107. The number of rotatable bonds is 9. The first-order valence-electron chi connectivity index (χ1n) is 7.72. The van der Waals surface area contributed by atoms with Crippen molar-refractivity contribution in [2.75, 3.05) is 40.5 Å². The van der Waals surface area contributed by atoms with E-state index in [1.165, 1.54) is 5.01 Å². The van der Waals surface area contributed by atoms with Crippen LogP contribution in [0.1, 0.15) is 13.3 Å². The Morgan fingerprint density at radius 1 is 1.21 bits per heavy atom. The number of thiocarbonyl (C=S) groups is 1. The van der Waals surface area contributed by atoms with Crippen LogP contribution in [0.25, 0.3) is 0 Å². The molecule has 8 heteroatoms. The monoisotopic (exact) mass is 355 g/mol. The summed E-state index contributed by atoms with van der Waals surface area (Å²) in [5.74, 6) is 1.06. The van der Waals surface area contributed by atoms with E-state index in [1.54, 1.807) is 38.4 Å². The Morgan fingerprint density at radius 2 is 1.83 bits per heavy atom. The number of ether oxygens (including phenoxy) is 3. The fourth-order valence-electron chi connectivity index (χ4n) is 1.75. The zero-order chi connectivity index (χ0) is 17.8. The molecule has 0 aromatic heterocycles. The summed E-state index contributed by atoms with van der Waals surface area (Å²) in [6.07, 6.45) is 0.833. The number of nitrogens with zero attached hydrogens (tertiary/aromatic N) is 1. The summed E-state index contributed by atoms with van der Waals surface area (Å²) in [5, 5.41) is 4.90. The Kier molecular flexibility index (Phi) is 9.55. The van der Waals surface area contributed by atoms with Gasteiger partial charge < -0.3 is 19.5 Å². The largest absolute Gasteiger partial charge is 0.494 e. The van der Waals surface area contributed by atoms with Crippen molar-refractivity contribution in [1.82, 2.24) is 15.8 Å². The van der Waals surface area contributed by atoms with E-state index in [1.807, 2.05) is 6.92 Å². The quantitative estimate of drug-likeness (QED) is 0.393. The average Bonchev–Trinajstić information content (AvgIpc) is 2.58. The topological polar surface area (TPSA) is 72.1 Å². The van der Waals surface area contributed by atoms with Crippen molar-refractivity contribution >= 4 is 23.2 Å². The van der Waals surface area contributed by atoms with Gasteiger partial charge in [0.15, 0.2) is 11.7 Å². The maximum Gasteiger partial charge on any atom is 0.276 e. The summed E-state index contributed by atoms with van der Waals surface area (Å²) in [6, 6.07) is 7.10. The van der Waals surface area contributed by atoms with Crippen LogP contribution in [0.4, 0.5) is 0 Å². The summed E-state index contributed by atoms with van der Waals surface area (Å²) in [5.41, 5.74) is 2.63. The second-order valence-electron chi connectivity index (χ2n) is 4.87. The Labute approximate surface area is 148 Å². The summed E-state index contributed by atoms with van der Waals surface area (Å²) < 4.78 is 15.7. The van der Waals surface area contributed by atoms with Gasteiger partial charge in [0.2, 0.25) is 0 Å². The standard InChI is InChI=1S/C16H25N3O4S/c1-4-22-13-6-8-14(9-7-13)23-12-15(20)18-19(2)16(24)17-10-5-11-21-3/h6-9H,4-5,10-12H2,1-3H3,(H,17,24)(H,18,20). The van der Waals surface area contributed by atoms with Crippen LogP contribution in [-0.4, -0.2) is 56.6 Å². The van der Waals surface area contributed by atoms with Crippen molar-refractivity contribution in [3.8, 4) is 11.5 Å². The van der Waals surface area contributed by atoms with Crippen molar-refractivity contribution in [3.63, 3.8) is 0 Å². The van der Waals surface area contributed by atoms with Gasteiger partial charge in [-0.25, -0.2) is 0 Å². The lowest BCUT2D eigenvalue weighted by molar-refractivity contribution is -0.126. The lowest BCUT2D eigenvalue weighted by Crippen LogP contribution is -2.49. The van der Waals surface area contributed by atoms with Gasteiger partial charge in [0.05, 0.1) is 6.61 Å². The lowest BCUT2D eigenvalue weighted by Gasteiger charge is -2.21. The molecule has 0 heterocycles. The molecule has 0 bridgehead atoms. The molecule has 0 aliphatic carbocycles. The normalized spacial score (nSPS) is 9.96. The Morgan fingerprint density at radius 3 is 2.42 bits per heavy atom. The molecule has 1 amide bonds. The molecule has 0 spiro atoms. The van der Waals surface area contributed by atoms with E-state index in [4.69, 9.17) is 26.4 Å². The van der Waals surface area contributed by atoms with E-state index >= 15 is 0 Å². The fraction of sp³-hybridized carbons (Fsp3) is 0.500. The minimum atomic E-state index is -0.299. The molecule has 0 atom stereocenters. The van der Waals surface area contributed by atoms with E-state index in [0.29, 0.717) is 30.6 Å². The van der Waals surface area contributed by atoms with Gasteiger partial charge >= 0.3 is 0 Å². The van der Waals surface area contributed by atoms with Gasteiger partial charge in [-0.2, -0.15) is 0 Å². The number of nitrogens with one attached hydrogen (secondary N) is 2. The summed E-state index contributed by atoms with van der Waals surface area (Å²) >= 11 is 5.17. The molecule has 24 heavy (non-hydrogen) atoms. The van der Waals surface area contributed by atoms with Crippen LogP contribution in [0.3, 0.4) is 0 Å². The first kappa shape index (κ1) is 20.0. The molecule has 1 aromatic rings. The maximum atomic E-state index is 11.9. The first-order chi connectivity index (χ1) is 11.6. The highest BCUT2D eigenvalue weighted by Gasteiger charge is 2.09. The van der Waals surface area contributed by atoms with Crippen molar-refractivity contribution in [2.45, 2.75) is 13.3 Å². The maximum absolute atomic E-state index is 11.9. The van der Waals surface area contributed by atoms with Gasteiger partial charge in [0, 0.05) is 27.3 Å².